The van der Waals surface area contributed by atoms with Crippen LogP contribution in [0.15, 0.2) is 30.3 Å². The lowest BCUT2D eigenvalue weighted by atomic mass is 9.84. The molecule has 3 rings (SSSR count). The van der Waals surface area contributed by atoms with Crippen molar-refractivity contribution in [3.05, 3.63) is 35.9 Å². The Labute approximate surface area is 138 Å². The molecule has 1 unspecified atom stereocenters. The van der Waals surface area contributed by atoms with E-state index in [1.54, 1.807) is 4.90 Å². The summed E-state index contributed by atoms with van der Waals surface area (Å²) in [6.45, 7) is 0.494. The van der Waals surface area contributed by atoms with Crippen molar-refractivity contribution in [3.63, 3.8) is 0 Å². The minimum Gasteiger partial charge on any atom is -0.391 e. The molecule has 1 aromatic rings. The topological polar surface area (TPSA) is 43.8 Å². The van der Waals surface area contributed by atoms with E-state index in [0.717, 1.165) is 5.56 Å². The molecule has 2 atom stereocenters. The molecule has 0 bridgehead atoms. The summed E-state index contributed by atoms with van der Waals surface area (Å²) in [4.78, 5) is 15.5. The summed E-state index contributed by atoms with van der Waals surface area (Å²) < 4.78 is 41.4. The van der Waals surface area contributed by atoms with Crippen LogP contribution >= 0.6 is 0 Å². The molecule has 0 aromatic heterocycles. The van der Waals surface area contributed by atoms with Crippen molar-refractivity contribution in [3.8, 4) is 0 Å². The lowest BCUT2D eigenvalue weighted by molar-refractivity contribution is -0.223. The summed E-state index contributed by atoms with van der Waals surface area (Å²) in [6, 6.07) is 9.28. The minimum atomic E-state index is -4.59. The number of alkyl halides is 3. The average molecular weight is 342 g/mol. The van der Waals surface area contributed by atoms with Gasteiger partial charge in [0.05, 0.1) is 6.10 Å². The SMILES string of the molecule is O=C(N1CC[C@@H](O)C1)C1(C(F)(F)F)CCN(Cc2ccccc2)C1. The van der Waals surface area contributed by atoms with E-state index in [1.165, 1.54) is 4.90 Å². The molecule has 0 aliphatic carbocycles. The molecule has 2 saturated heterocycles. The van der Waals surface area contributed by atoms with Crippen LogP contribution in [0.1, 0.15) is 18.4 Å². The Hall–Kier alpha value is -1.60. The zero-order valence-electron chi connectivity index (χ0n) is 13.3. The van der Waals surface area contributed by atoms with Gasteiger partial charge in [0.2, 0.25) is 5.91 Å². The highest BCUT2D eigenvalue weighted by atomic mass is 19.4. The molecule has 2 aliphatic rings. The molecule has 132 valence electrons. The molecule has 0 spiro atoms. The van der Waals surface area contributed by atoms with Crippen molar-refractivity contribution in [1.29, 1.82) is 0 Å². The third-order valence-electron chi connectivity index (χ3n) is 5.00. The molecular weight excluding hydrogens is 321 g/mol. The summed E-state index contributed by atoms with van der Waals surface area (Å²) in [5.41, 5.74) is -1.43. The molecule has 0 radical (unpaired) electrons. The summed E-state index contributed by atoms with van der Waals surface area (Å²) in [5.74, 6) is -0.887. The molecule has 2 fully saturated rings. The summed E-state index contributed by atoms with van der Waals surface area (Å²) in [7, 11) is 0. The largest absolute Gasteiger partial charge is 0.404 e. The number of amides is 1. The van der Waals surface area contributed by atoms with E-state index in [2.05, 4.69) is 0 Å². The second-order valence-electron chi connectivity index (χ2n) is 6.72. The van der Waals surface area contributed by atoms with Crippen LogP contribution in [0.4, 0.5) is 13.2 Å². The number of benzene rings is 1. The van der Waals surface area contributed by atoms with E-state index in [9.17, 15) is 23.1 Å². The van der Waals surface area contributed by atoms with E-state index in [4.69, 9.17) is 0 Å². The van der Waals surface area contributed by atoms with Gasteiger partial charge in [-0.25, -0.2) is 0 Å². The Balaban J connectivity index is 1.77. The van der Waals surface area contributed by atoms with Crippen LogP contribution < -0.4 is 0 Å². The Morgan fingerprint density at radius 3 is 2.54 bits per heavy atom. The molecular formula is C17H21F3N2O2. The van der Waals surface area contributed by atoms with E-state index in [0.29, 0.717) is 13.0 Å². The third-order valence-corrected chi connectivity index (χ3v) is 5.00. The van der Waals surface area contributed by atoms with Gasteiger partial charge in [0.25, 0.3) is 0 Å². The minimum absolute atomic E-state index is 0.00461. The molecule has 0 saturated carbocycles. The third kappa shape index (κ3) is 3.15. The number of likely N-dealkylation sites (tertiary alicyclic amines) is 2. The van der Waals surface area contributed by atoms with E-state index < -0.39 is 23.6 Å². The monoisotopic (exact) mass is 342 g/mol. The van der Waals surface area contributed by atoms with Crippen LogP contribution in [0.25, 0.3) is 0 Å². The van der Waals surface area contributed by atoms with Crippen molar-refractivity contribution in [2.75, 3.05) is 26.2 Å². The number of β-amino-alcohol motifs (C(OH)–C–C–N with tert-alkyl or cyclic N) is 1. The van der Waals surface area contributed by atoms with Gasteiger partial charge in [0, 0.05) is 26.2 Å². The number of hydrogen-bond acceptors (Lipinski definition) is 3. The molecule has 1 aromatic carbocycles. The average Bonchev–Trinajstić information content (AvgIpc) is 3.14. The first-order valence-corrected chi connectivity index (χ1v) is 8.12. The fourth-order valence-electron chi connectivity index (χ4n) is 3.62. The van der Waals surface area contributed by atoms with Gasteiger partial charge in [0.15, 0.2) is 5.41 Å². The number of carbonyl (C=O) groups is 1. The Morgan fingerprint density at radius 2 is 1.96 bits per heavy atom. The normalized spacial score (nSPS) is 28.5. The number of halogens is 3. The van der Waals surface area contributed by atoms with Gasteiger partial charge in [-0.1, -0.05) is 30.3 Å². The first-order valence-electron chi connectivity index (χ1n) is 8.12. The highest BCUT2D eigenvalue weighted by Gasteiger charge is 2.64. The summed E-state index contributed by atoms with van der Waals surface area (Å²) in [6.07, 6.45) is -5.20. The number of aliphatic hydroxyl groups is 1. The predicted molar refractivity (Wildman–Crippen MR) is 82.0 cm³/mol. The van der Waals surface area contributed by atoms with Crippen LogP contribution in [0.3, 0.4) is 0 Å². The summed E-state index contributed by atoms with van der Waals surface area (Å²) in [5, 5.41) is 9.54. The van der Waals surface area contributed by atoms with Gasteiger partial charge in [-0.15, -0.1) is 0 Å². The van der Waals surface area contributed by atoms with Crippen molar-refractivity contribution < 1.29 is 23.1 Å². The zero-order valence-corrected chi connectivity index (χ0v) is 13.3. The van der Waals surface area contributed by atoms with Crippen LogP contribution in [0, 0.1) is 5.41 Å². The quantitative estimate of drug-likeness (QED) is 0.914. The van der Waals surface area contributed by atoms with Gasteiger partial charge in [0.1, 0.15) is 0 Å². The Bertz CT molecular complexity index is 593. The second-order valence-corrected chi connectivity index (χ2v) is 6.72. The zero-order chi connectivity index (χ0) is 17.4. The van der Waals surface area contributed by atoms with Crippen LogP contribution in [-0.2, 0) is 11.3 Å². The van der Waals surface area contributed by atoms with Gasteiger partial charge in [-0.2, -0.15) is 13.2 Å². The molecule has 4 nitrogen and oxygen atoms in total. The number of hydrogen-bond donors (Lipinski definition) is 1. The smallest absolute Gasteiger partial charge is 0.391 e. The number of carbonyl (C=O) groups excluding carboxylic acids is 1. The van der Waals surface area contributed by atoms with Crippen molar-refractivity contribution in [2.45, 2.75) is 31.7 Å². The fraction of sp³-hybridized carbons (Fsp3) is 0.588. The lowest BCUT2D eigenvalue weighted by Crippen LogP contribution is -2.53. The van der Waals surface area contributed by atoms with Crippen LogP contribution in [0.2, 0.25) is 0 Å². The predicted octanol–water partition coefficient (Wildman–Crippen LogP) is 2.03. The molecule has 1 amide bonds. The van der Waals surface area contributed by atoms with E-state index in [1.807, 2.05) is 30.3 Å². The standard InChI is InChI=1S/C17H21F3N2O2/c18-17(19,20)16(15(24)22-8-6-14(23)11-22)7-9-21(12-16)10-13-4-2-1-3-5-13/h1-5,14,23H,6-12H2/t14-,16?/m1/s1. The van der Waals surface area contributed by atoms with Gasteiger partial charge in [-0.05, 0) is 24.9 Å². The molecule has 2 heterocycles. The van der Waals surface area contributed by atoms with Crippen molar-refractivity contribution in [1.82, 2.24) is 9.80 Å². The second kappa shape index (κ2) is 6.37. The molecule has 24 heavy (non-hydrogen) atoms. The maximum atomic E-state index is 13.8. The number of rotatable bonds is 3. The van der Waals surface area contributed by atoms with Crippen LogP contribution in [0.5, 0.6) is 0 Å². The van der Waals surface area contributed by atoms with Crippen LogP contribution in [-0.4, -0.2) is 59.3 Å². The Morgan fingerprint density at radius 1 is 1.25 bits per heavy atom. The first-order chi connectivity index (χ1) is 11.3. The highest BCUT2D eigenvalue weighted by Crippen LogP contribution is 2.47. The fourth-order valence-corrected chi connectivity index (χ4v) is 3.62. The molecule has 1 N–H and O–H groups in total. The maximum Gasteiger partial charge on any atom is 0.404 e. The van der Waals surface area contributed by atoms with E-state index >= 15 is 0 Å². The summed E-state index contributed by atoms with van der Waals surface area (Å²) >= 11 is 0. The lowest BCUT2D eigenvalue weighted by Gasteiger charge is -2.34. The van der Waals surface area contributed by atoms with Gasteiger partial charge in [-0.3, -0.25) is 9.69 Å². The first kappa shape index (κ1) is 17.2. The van der Waals surface area contributed by atoms with E-state index in [-0.39, 0.29) is 32.6 Å². The van der Waals surface area contributed by atoms with Gasteiger partial charge >= 0.3 is 6.18 Å². The van der Waals surface area contributed by atoms with Crippen molar-refractivity contribution in [2.24, 2.45) is 5.41 Å². The Kier molecular flexibility index (Phi) is 4.57. The molecule has 7 heteroatoms. The van der Waals surface area contributed by atoms with Crippen molar-refractivity contribution >= 4 is 5.91 Å². The molecule has 2 aliphatic heterocycles. The van der Waals surface area contributed by atoms with Gasteiger partial charge < -0.3 is 10.0 Å². The maximum absolute atomic E-state index is 13.8. The highest BCUT2D eigenvalue weighted by molar-refractivity contribution is 5.84. The number of nitrogens with zero attached hydrogens (tertiary/aromatic N) is 2. The number of aliphatic hydroxyl groups excluding tert-OH is 1.